The van der Waals surface area contributed by atoms with Crippen LogP contribution < -0.4 is 10.6 Å². The summed E-state index contributed by atoms with van der Waals surface area (Å²) in [6.07, 6.45) is 33.3. The minimum Gasteiger partial charge on any atom is -0.462 e. The van der Waals surface area contributed by atoms with Gasteiger partial charge in [0.15, 0.2) is 24.8 Å². The van der Waals surface area contributed by atoms with E-state index in [9.17, 15) is 68.7 Å². The van der Waals surface area contributed by atoms with Crippen LogP contribution in [-0.2, 0) is 71.0 Å². The number of amides is 2. The molecule has 2 fully saturated rings. The third kappa shape index (κ3) is 56.0. The Labute approximate surface area is 695 Å². The van der Waals surface area contributed by atoms with Crippen LogP contribution in [0.2, 0.25) is 0 Å². The number of hydrogen-bond donors (Lipinski definition) is 9. The van der Waals surface area contributed by atoms with Crippen LogP contribution in [0.4, 0.5) is 0 Å². The Balaban J connectivity index is 2.69. The summed E-state index contributed by atoms with van der Waals surface area (Å²) in [4.78, 5) is 106. The molecule has 115 heavy (non-hydrogen) atoms. The molecule has 676 valence electrons. The molecule has 2 rings (SSSR count). The topological polar surface area (TPSA) is 359 Å². The molecule has 0 aromatic carbocycles. The quantitative estimate of drug-likeness (QED) is 0.0118. The molecule has 2 aliphatic heterocycles. The molecule has 0 aromatic heterocycles. The maximum absolute atomic E-state index is 14.9. The highest BCUT2D eigenvalue weighted by Gasteiger charge is 2.54. The fourth-order valence-electron chi connectivity index (χ4n) is 15.7. The Kier molecular flexibility index (Phi) is 66.7. The Morgan fingerprint density at radius 1 is 0.365 bits per heavy atom. The summed E-state index contributed by atoms with van der Waals surface area (Å²) in [5.74, 6) is -4.50. The van der Waals surface area contributed by atoms with Crippen LogP contribution in [0.5, 0.6) is 0 Å². The summed E-state index contributed by atoms with van der Waals surface area (Å²) in [6.45, 7) is 11.2. The molecule has 2 saturated heterocycles. The van der Waals surface area contributed by atoms with Gasteiger partial charge in [0.05, 0.1) is 51.1 Å². The van der Waals surface area contributed by atoms with Crippen LogP contribution in [0.25, 0.3) is 0 Å². The van der Waals surface area contributed by atoms with Gasteiger partial charge in [0.25, 0.3) is 0 Å². The highest BCUT2D eigenvalue weighted by molar-refractivity contribution is 7.46. The lowest BCUT2D eigenvalue weighted by atomic mass is 9.95. The zero-order valence-corrected chi connectivity index (χ0v) is 73.9. The van der Waals surface area contributed by atoms with E-state index < -0.39 is 162 Å². The number of esters is 4. The number of aliphatic hydroxyl groups excluding tert-OH is 5. The summed E-state index contributed by atoms with van der Waals surface area (Å²) in [5, 5.41) is 63.6. The van der Waals surface area contributed by atoms with Crippen molar-refractivity contribution in [2.24, 2.45) is 0 Å². The fourth-order valence-corrected chi connectivity index (χ4v) is 16.2. The van der Waals surface area contributed by atoms with Gasteiger partial charge in [0, 0.05) is 12.8 Å². The molecule has 0 radical (unpaired) electrons. The monoisotopic (exact) mass is 1660 g/mol. The largest absolute Gasteiger partial charge is 0.470 e. The van der Waals surface area contributed by atoms with E-state index in [-0.39, 0.29) is 32.1 Å². The Bertz CT molecular complexity index is 2440. The van der Waals surface area contributed by atoms with Gasteiger partial charge in [-0.25, -0.2) is 4.57 Å². The third-order valence-electron chi connectivity index (χ3n) is 22.6. The van der Waals surface area contributed by atoms with Gasteiger partial charge >= 0.3 is 31.7 Å². The smallest absolute Gasteiger partial charge is 0.462 e. The van der Waals surface area contributed by atoms with Gasteiger partial charge in [-0.1, -0.05) is 350 Å². The lowest BCUT2D eigenvalue weighted by Crippen LogP contribution is -2.68. The van der Waals surface area contributed by atoms with Crippen LogP contribution in [0.3, 0.4) is 0 Å². The van der Waals surface area contributed by atoms with Crippen molar-refractivity contribution in [2.45, 2.75) is 525 Å². The van der Waals surface area contributed by atoms with Crippen LogP contribution in [0.1, 0.15) is 440 Å². The Morgan fingerprint density at radius 2 is 0.670 bits per heavy atom. The molecule has 0 aromatic rings. The average Bonchev–Trinajstić information content (AvgIpc) is 0.783. The second kappa shape index (κ2) is 71.2. The number of carbonyl (C=O) groups is 6. The highest BCUT2D eigenvalue weighted by Crippen LogP contribution is 2.43. The number of phosphoric acid groups is 1. The van der Waals surface area contributed by atoms with E-state index in [1.807, 2.05) is 0 Å². The first-order chi connectivity index (χ1) is 55.6. The molecule has 0 bridgehead atoms. The molecule has 2 amide bonds. The first-order valence-corrected chi connectivity index (χ1v) is 48.5. The van der Waals surface area contributed by atoms with Gasteiger partial charge in [-0.2, -0.15) is 0 Å². The highest BCUT2D eigenvalue weighted by atomic mass is 31.2. The zero-order valence-electron chi connectivity index (χ0n) is 73.0. The summed E-state index contributed by atoms with van der Waals surface area (Å²) < 4.78 is 61.1. The Morgan fingerprint density at radius 3 is 1.00 bits per heavy atom. The minimum absolute atomic E-state index is 0.125. The van der Waals surface area contributed by atoms with Crippen molar-refractivity contribution in [2.75, 3.05) is 13.2 Å². The Hall–Kier alpha value is -3.39. The second-order valence-corrected chi connectivity index (χ2v) is 34.7. The molecule has 0 saturated carbocycles. The fraction of sp³-hybridized carbons (Fsp3) is 0.933. The van der Waals surface area contributed by atoms with Gasteiger partial charge in [-0.3, -0.25) is 33.3 Å². The molecule has 0 aliphatic carbocycles. The molecule has 9 N–H and O–H groups in total. The van der Waals surface area contributed by atoms with E-state index in [2.05, 4.69) is 52.2 Å². The maximum Gasteiger partial charge on any atom is 0.470 e. The van der Waals surface area contributed by atoms with E-state index in [4.69, 9.17) is 37.7 Å². The normalized spacial score (nSPS) is 20.8. The number of nitrogens with one attached hydrogen (secondary N) is 2. The first-order valence-electron chi connectivity index (χ1n) is 47.0. The van der Waals surface area contributed by atoms with Crippen molar-refractivity contribution in [3.63, 3.8) is 0 Å². The number of rotatable bonds is 78. The van der Waals surface area contributed by atoms with Crippen molar-refractivity contribution in [1.29, 1.82) is 0 Å². The van der Waals surface area contributed by atoms with Crippen LogP contribution in [-0.4, -0.2) is 170 Å². The maximum atomic E-state index is 14.9. The van der Waals surface area contributed by atoms with Gasteiger partial charge in [-0.05, 0) is 51.4 Å². The molecular weight excluding hydrogens is 1490 g/mol. The van der Waals surface area contributed by atoms with Gasteiger partial charge < -0.3 is 79.1 Å². The molecular formula is C90H169N2O22P. The number of phosphoric ester groups is 1. The number of hydrogen-bond acceptors (Lipinski definition) is 20. The van der Waals surface area contributed by atoms with Crippen molar-refractivity contribution < 1.29 is 106 Å². The van der Waals surface area contributed by atoms with Crippen molar-refractivity contribution in [3.05, 3.63) is 0 Å². The van der Waals surface area contributed by atoms with Crippen molar-refractivity contribution in [3.8, 4) is 0 Å². The van der Waals surface area contributed by atoms with E-state index in [0.29, 0.717) is 51.4 Å². The van der Waals surface area contributed by atoms with E-state index in [1.165, 1.54) is 70.6 Å². The van der Waals surface area contributed by atoms with Gasteiger partial charge in [0.1, 0.15) is 48.7 Å². The molecule has 0 spiro atoms. The minimum atomic E-state index is -5.58. The van der Waals surface area contributed by atoms with E-state index in [0.717, 1.165) is 225 Å². The molecule has 24 nitrogen and oxygen atoms in total. The van der Waals surface area contributed by atoms with E-state index in [1.54, 1.807) is 0 Å². The zero-order chi connectivity index (χ0) is 84.4. The molecule has 1 unspecified atom stereocenters. The van der Waals surface area contributed by atoms with Crippen molar-refractivity contribution >= 4 is 43.5 Å². The SMILES string of the molecule is CCCCCCCCCCCC(=O)O[C@H](CCCCCCCCCCC)CC(=O)N[C@H]1[C@H](OC[C@@H]2OC(O)[C@@H](NC(=O)C[C@@H](CCCCCCCCCCC)OC(=O)CCCCCCCCC)[C@H](OC(=O)C[C@H](O)CCCCCCCCCCC)[C@H]2O)O[C@H](CO)[C@@H](OP(=O)(O)O)[C@@H]1OC(=O)C[C@H](O)CCCCCCCCCCC. The van der Waals surface area contributed by atoms with Crippen LogP contribution in [0.15, 0.2) is 0 Å². The summed E-state index contributed by atoms with van der Waals surface area (Å²) in [6, 6.07) is -3.47. The molecule has 2 aliphatic rings. The molecule has 2 heterocycles. The van der Waals surface area contributed by atoms with Crippen molar-refractivity contribution in [1.82, 2.24) is 10.6 Å². The second-order valence-electron chi connectivity index (χ2n) is 33.5. The summed E-state index contributed by atoms with van der Waals surface area (Å²) in [7, 11) is -5.58. The molecule has 14 atom stereocenters. The van der Waals surface area contributed by atoms with Crippen LogP contribution >= 0.6 is 7.82 Å². The average molecular weight is 1660 g/mol. The molecule has 25 heteroatoms. The summed E-state index contributed by atoms with van der Waals surface area (Å²) >= 11 is 0. The number of aliphatic hydroxyl groups is 5. The van der Waals surface area contributed by atoms with Gasteiger partial charge in [-0.15, -0.1) is 0 Å². The predicted molar refractivity (Wildman–Crippen MR) is 451 cm³/mol. The van der Waals surface area contributed by atoms with E-state index >= 15 is 0 Å². The lowest BCUT2D eigenvalue weighted by molar-refractivity contribution is -0.298. The standard InChI is InChI=1S/C90H169N2O22P/c1-7-13-19-25-31-36-42-47-53-59-71(94)65-81(100)112-87-83(91-77(96)67-73(61-55-49-44-38-33-27-21-15-9-3)108-79(98)63-57-51-41-30-24-18-12-6)89(103)110-76(85(87)102)70-107-90-84(88(86(75(69-93)111-90)114-115(104,105)106)113-82(101)66-72(95)60-54-48-43-37-32-26-20-14-8-2)92-78(97)68-74(62-56-50-45-39-34-28-22-16-10-4)109-80(99)64-58-52-46-40-35-29-23-17-11-5/h71-76,83-90,93-95,102-103H,7-70H2,1-6H3,(H,91,96)(H,92,97)(H2,104,105,106)/t71-,72-,73-,74-,75-,76+,83+,84-,85+,86-,87+,88-,89?,90-/m1/s1. The lowest BCUT2D eigenvalue weighted by Gasteiger charge is -2.46. The number of carbonyl (C=O) groups excluding carboxylic acids is 6. The number of unbranched alkanes of at least 4 members (excludes halogenated alkanes) is 46. The van der Waals surface area contributed by atoms with Gasteiger partial charge in [0.2, 0.25) is 11.8 Å². The third-order valence-corrected chi connectivity index (χ3v) is 23.1. The number of ether oxygens (including phenoxy) is 7. The van der Waals surface area contributed by atoms with Crippen LogP contribution in [0, 0.1) is 0 Å². The predicted octanol–water partition coefficient (Wildman–Crippen LogP) is 18.9. The first kappa shape index (κ1) is 108. The summed E-state index contributed by atoms with van der Waals surface area (Å²) in [5.41, 5.74) is 0.